The summed E-state index contributed by atoms with van der Waals surface area (Å²) in [5, 5.41) is 14.4. The van der Waals surface area contributed by atoms with Gasteiger partial charge in [-0.1, -0.05) is 237 Å². The molecule has 1 aromatic rings. The Kier molecular flexibility index (Phi) is 32.7. The highest BCUT2D eigenvalue weighted by molar-refractivity contribution is 5.84. The molecule has 0 aliphatic carbocycles. The van der Waals surface area contributed by atoms with E-state index in [1.807, 2.05) is 30.3 Å². The summed E-state index contributed by atoms with van der Waals surface area (Å²) in [6, 6.07) is 8.36. The number of rotatable bonds is 40. The lowest BCUT2D eigenvalue weighted by Gasteiger charge is -2.48. The van der Waals surface area contributed by atoms with Crippen LogP contribution in [0, 0.1) is 0 Å². The molecule has 1 amide bonds. The molecule has 2 unspecified atom stereocenters. The fourth-order valence-electron chi connectivity index (χ4n) is 9.27. The molecule has 374 valence electrons. The molecule has 65 heavy (non-hydrogen) atoms. The number of amides is 1. The maximum absolute atomic E-state index is 14.2. The largest absolute Gasteiger partial charge is 0.457 e. The zero-order valence-electron chi connectivity index (χ0n) is 41.6. The second-order valence-electron chi connectivity index (χ2n) is 19.3. The molecule has 2 fully saturated rings. The molecular weight excluding hydrogens is 819 g/mol. The average Bonchev–Trinajstić information content (AvgIpc) is 3.31. The number of aliphatic hydroxyl groups is 1. The number of hydrogen-bond acceptors (Lipinski definition) is 9. The smallest absolute Gasteiger partial charge is 0.306 e. The van der Waals surface area contributed by atoms with E-state index in [4.69, 9.17) is 23.7 Å². The van der Waals surface area contributed by atoms with E-state index in [9.17, 15) is 19.5 Å². The van der Waals surface area contributed by atoms with Crippen LogP contribution in [0.2, 0.25) is 0 Å². The van der Waals surface area contributed by atoms with Gasteiger partial charge < -0.3 is 34.1 Å². The number of unbranched alkanes of at least 4 members (excludes halogenated alkanes) is 29. The number of benzene rings is 1. The summed E-state index contributed by atoms with van der Waals surface area (Å²) in [5.41, 5.74) is 0.796. The fourth-order valence-corrected chi connectivity index (χ4v) is 9.27. The van der Waals surface area contributed by atoms with E-state index in [0.29, 0.717) is 12.8 Å². The topological polar surface area (TPSA) is 130 Å². The Labute approximate surface area is 396 Å². The van der Waals surface area contributed by atoms with E-state index in [1.54, 1.807) is 0 Å². The minimum absolute atomic E-state index is 0.104. The van der Waals surface area contributed by atoms with Crippen LogP contribution in [-0.4, -0.2) is 66.3 Å². The van der Waals surface area contributed by atoms with Crippen molar-refractivity contribution in [1.82, 2.24) is 5.32 Å². The Balaban J connectivity index is 1.62. The summed E-state index contributed by atoms with van der Waals surface area (Å²) < 4.78 is 30.6. The highest BCUT2D eigenvalue weighted by Crippen LogP contribution is 2.35. The number of hydrogen-bond donors (Lipinski definition) is 2. The number of esters is 2. The van der Waals surface area contributed by atoms with Gasteiger partial charge in [-0.15, -0.1) is 0 Å². The van der Waals surface area contributed by atoms with Crippen LogP contribution in [0.3, 0.4) is 0 Å². The summed E-state index contributed by atoms with van der Waals surface area (Å²) in [6.07, 6.45) is 32.2. The first-order valence-corrected chi connectivity index (χ1v) is 27.2. The lowest BCUT2D eigenvalue weighted by molar-refractivity contribution is -0.339. The normalized spacial score (nSPS) is 21.1. The summed E-state index contributed by atoms with van der Waals surface area (Å²) in [6.45, 7) is 6.83. The van der Waals surface area contributed by atoms with Gasteiger partial charge in [0.05, 0.1) is 6.61 Å². The van der Waals surface area contributed by atoms with E-state index >= 15 is 0 Å². The first-order valence-electron chi connectivity index (χ1n) is 27.2. The molecule has 10 nitrogen and oxygen atoms in total. The second kappa shape index (κ2) is 37.5. The van der Waals surface area contributed by atoms with Crippen LogP contribution in [0.1, 0.15) is 257 Å². The molecule has 0 radical (unpaired) electrons. The van der Waals surface area contributed by atoms with Crippen molar-refractivity contribution >= 4 is 17.8 Å². The molecule has 0 spiro atoms. The Morgan fingerprint density at radius 1 is 0.585 bits per heavy atom. The van der Waals surface area contributed by atoms with Crippen molar-refractivity contribution in [2.45, 2.75) is 289 Å². The van der Waals surface area contributed by atoms with E-state index < -0.39 is 54.9 Å². The molecule has 2 saturated heterocycles. The minimum Gasteiger partial charge on any atom is -0.457 e. The summed E-state index contributed by atoms with van der Waals surface area (Å²) >= 11 is 0. The van der Waals surface area contributed by atoms with E-state index in [1.165, 1.54) is 135 Å². The lowest BCUT2D eigenvalue weighted by Crippen LogP contribution is -2.68. The van der Waals surface area contributed by atoms with Gasteiger partial charge >= 0.3 is 11.9 Å². The first-order chi connectivity index (χ1) is 31.9. The summed E-state index contributed by atoms with van der Waals surface area (Å²) in [4.78, 5) is 41.1. The molecule has 0 bridgehead atoms. The summed E-state index contributed by atoms with van der Waals surface area (Å²) in [5.74, 6) is -1.33. The van der Waals surface area contributed by atoms with E-state index in [0.717, 1.165) is 69.8 Å². The van der Waals surface area contributed by atoms with Gasteiger partial charge in [0.1, 0.15) is 18.2 Å². The number of ether oxygens (including phenoxy) is 5. The highest BCUT2D eigenvalue weighted by atomic mass is 16.7. The van der Waals surface area contributed by atoms with Crippen LogP contribution >= 0.6 is 0 Å². The summed E-state index contributed by atoms with van der Waals surface area (Å²) in [7, 11) is 0. The Morgan fingerprint density at radius 3 is 1.49 bits per heavy atom. The van der Waals surface area contributed by atoms with E-state index in [-0.39, 0.29) is 25.4 Å². The predicted octanol–water partition coefficient (Wildman–Crippen LogP) is 13.8. The Bertz CT molecular complexity index is 1330. The Hall–Kier alpha value is -2.53. The third-order valence-corrected chi connectivity index (χ3v) is 13.4. The van der Waals surface area contributed by atoms with Gasteiger partial charge in [-0.3, -0.25) is 14.4 Å². The molecule has 2 aliphatic rings. The average molecular weight is 914 g/mol. The number of carbonyl (C=O) groups is 3. The molecule has 10 heteroatoms. The number of carbonyl (C=O) groups excluding carboxylic acids is 3. The van der Waals surface area contributed by atoms with Crippen molar-refractivity contribution < 1.29 is 43.2 Å². The van der Waals surface area contributed by atoms with Gasteiger partial charge in [0.2, 0.25) is 0 Å². The molecule has 0 saturated carbocycles. The molecule has 2 heterocycles. The first kappa shape index (κ1) is 56.8. The van der Waals surface area contributed by atoms with Gasteiger partial charge in [0.25, 0.3) is 5.91 Å². The van der Waals surface area contributed by atoms with Crippen molar-refractivity contribution in [2.75, 3.05) is 6.61 Å². The SMILES string of the molecule is CCCCCCCCCCCCCC(=O)OC(CCCCCCCCCCCC)C(=O)N[C@@H]1[C@@H](OC(=O)CCCCCCCCCCCCC)[C@@H]2OC(c3ccccc3)OC[C@H]2O[C@H]1O. The van der Waals surface area contributed by atoms with Gasteiger partial charge in [-0.25, -0.2) is 0 Å². The van der Waals surface area contributed by atoms with Crippen molar-refractivity contribution in [3.63, 3.8) is 0 Å². The third-order valence-electron chi connectivity index (χ3n) is 13.4. The maximum atomic E-state index is 14.2. The zero-order valence-corrected chi connectivity index (χ0v) is 41.6. The van der Waals surface area contributed by atoms with Crippen molar-refractivity contribution in [2.24, 2.45) is 0 Å². The van der Waals surface area contributed by atoms with Crippen LogP contribution in [0.25, 0.3) is 0 Å². The van der Waals surface area contributed by atoms with Crippen LogP contribution in [0.5, 0.6) is 0 Å². The van der Waals surface area contributed by atoms with Gasteiger partial charge in [0.15, 0.2) is 24.8 Å². The van der Waals surface area contributed by atoms with Gasteiger partial charge in [-0.05, 0) is 25.7 Å². The van der Waals surface area contributed by atoms with Gasteiger partial charge in [-0.2, -0.15) is 0 Å². The quantitative estimate of drug-likeness (QED) is 0.0488. The van der Waals surface area contributed by atoms with Crippen LogP contribution in [0.15, 0.2) is 30.3 Å². The van der Waals surface area contributed by atoms with Crippen LogP contribution in [-0.2, 0) is 38.1 Å². The zero-order chi connectivity index (χ0) is 46.6. The lowest BCUT2D eigenvalue weighted by atomic mass is 9.94. The molecule has 2 N–H and O–H groups in total. The molecule has 2 aliphatic heterocycles. The molecule has 0 aromatic heterocycles. The number of aliphatic hydroxyl groups excluding tert-OH is 1. The molecule has 1 aromatic carbocycles. The standard InChI is InChI=1S/C55H95NO9/c1-4-7-10-13-16-19-22-25-28-31-37-42-48(57)62-46(41-36-30-27-24-21-18-15-12-9-6-3)53(59)56-50-52(64-49(58)43-38-32-29-26-23-20-17-14-11-8-5-2)51-47(63-54(50)60)44-61-55(65-51)45-39-34-33-35-40-45/h33-35,39-40,46-47,50-52,54-55,60H,4-32,36-38,41-44H2,1-3H3,(H,56,59)/t46?,47-,50-,51-,52-,54-,55?/m1/s1. The van der Waals surface area contributed by atoms with Crippen molar-refractivity contribution in [3.8, 4) is 0 Å². The molecule has 7 atom stereocenters. The second-order valence-corrected chi connectivity index (χ2v) is 19.3. The predicted molar refractivity (Wildman–Crippen MR) is 261 cm³/mol. The monoisotopic (exact) mass is 914 g/mol. The van der Waals surface area contributed by atoms with Crippen LogP contribution in [0.4, 0.5) is 0 Å². The third kappa shape index (κ3) is 25.4. The highest BCUT2D eigenvalue weighted by Gasteiger charge is 2.52. The molecular formula is C55H95NO9. The fraction of sp³-hybridized carbons (Fsp3) is 0.836. The van der Waals surface area contributed by atoms with Gasteiger partial charge in [0, 0.05) is 18.4 Å². The number of fused-ring (bicyclic) bond motifs is 1. The Morgan fingerprint density at radius 2 is 1.02 bits per heavy atom. The van der Waals surface area contributed by atoms with Crippen molar-refractivity contribution in [1.29, 1.82) is 0 Å². The number of nitrogens with one attached hydrogen (secondary N) is 1. The maximum Gasteiger partial charge on any atom is 0.306 e. The van der Waals surface area contributed by atoms with Crippen LogP contribution < -0.4 is 5.32 Å². The van der Waals surface area contributed by atoms with Crippen molar-refractivity contribution in [3.05, 3.63) is 35.9 Å². The minimum atomic E-state index is -1.51. The van der Waals surface area contributed by atoms with E-state index in [2.05, 4.69) is 26.1 Å². The molecule has 3 rings (SSSR count).